The summed E-state index contributed by atoms with van der Waals surface area (Å²) in [5, 5.41) is 0. The molecular formula is C10H18O3. The first-order chi connectivity index (χ1) is 6.11. The lowest BCUT2D eigenvalue weighted by Crippen LogP contribution is -2.24. The molecule has 0 unspecified atom stereocenters. The van der Waals surface area contributed by atoms with Gasteiger partial charge in [0.2, 0.25) is 0 Å². The molecule has 3 atom stereocenters. The van der Waals surface area contributed by atoms with E-state index in [1.807, 2.05) is 13.8 Å². The highest BCUT2D eigenvalue weighted by atomic mass is 16.8. The number of hydrogen-bond acceptors (Lipinski definition) is 3. The van der Waals surface area contributed by atoms with Crippen LogP contribution in [0.2, 0.25) is 0 Å². The van der Waals surface area contributed by atoms with Gasteiger partial charge in [0.25, 0.3) is 0 Å². The van der Waals surface area contributed by atoms with Crippen molar-refractivity contribution in [3.63, 3.8) is 0 Å². The van der Waals surface area contributed by atoms with Crippen LogP contribution in [0.1, 0.15) is 40.0 Å². The molecule has 3 heteroatoms. The Hall–Kier alpha value is -0.120. The molecule has 2 aliphatic rings. The van der Waals surface area contributed by atoms with Crippen molar-refractivity contribution in [2.45, 2.75) is 64.3 Å². The van der Waals surface area contributed by atoms with Gasteiger partial charge in [-0.15, -0.1) is 0 Å². The predicted molar refractivity (Wildman–Crippen MR) is 48.2 cm³/mol. The van der Waals surface area contributed by atoms with Gasteiger partial charge in [0.05, 0.1) is 6.10 Å². The van der Waals surface area contributed by atoms with Crippen molar-refractivity contribution >= 4 is 0 Å². The lowest BCUT2D eigenvalue weighted by Gasteiger charge is -2.20. The molecule has 0 aromatic heterocycles. The zero-order valence-electron chi connectivity index (χ0n) is 8.58. The molecule has 0 radical (unpaired) electrons. The molecule has 0 amide bonds. The molecule has 0 bridgehead atoms. The van der Waals surface area contributed by atoms with E-state index in [2.05, 4.69) is 6.92 Å². The second kappa shape index (κ2) is 3.23. The number of fused-ring (bicyclic) bond motifs is 1. The van der Waals surface area contributed by atoms with Crippen LogP contribution in [0, 0.1) is 0 Å². The van der Waals surface area contributed by atoms with E-state index >= 15 is 0 Å². The van der Waals surface area contributed by atoms with Gasteiger partial charge in [-0.05, 0) is 20.3 Å². The Morgan fingerprint density at radius 3 is 2.69 bits per heavy atom. The summed E-state index contributed by atoms with van der Waals surface area (Å²) in [6.07, 6.45) is 3.64. The van der Waals surface area contributed by atoms with Crippen LogP contribution in [0.25, 0.3) is 0 Å². The Kier molecular flexibility index (Phi) is 2.34. The Balaban J connectivity index is 1.90. The summed E-state index contributed by atoms with van der Waals surface area (Å²) in [6.45, 7) is 6.04. The first-order valence-electron chi connectivity index (χ1n) is 5.12. The molecule has 0 spiro atoms. The number of rotatable bonds is 2. The fourth-order valence-corrected chi connectivity index (χ4v) is 2.09. The fraction of sp³-hybridized carbons (Fsp3) is 1.00. The highest BCUT2D eigenvalue weighted by Gasteiger charge is 2.47. The molecule has 2 rings (SSSR count). The van der Waals surface area contributed by atoms with Crippen molar-refractivity contribution in [2.75, 3.05) is 0 Å². The van der Waals surface area contributed by atoms with Crippen molar-refractivity contribution in [3.05, 3.63) is 0 Å². The van der Waals surface area contributed by atoms with E-state index in [-0.39, 0.29) is 12.4 Å². The molecule has 13 heavy (non-hydrogen) atoms. The van der Waals surface area contributed by atoms with Gasteiger partial charge in [0.1, 0.15) is 6.10 Å². The van der Waals surface area contributed by atoms with E-state index in [0.29, 0.717) is 6.10 Å². The molecule has 0 aromatic carbocycles. The average Bonchev–Trinajstić information content (AvgIpc) is 2.41. The Labute approximate surface area is 79.4 Å². The van der Waals surface area contributed by atoms with Crippen molar-refractivity contribution in [1.82, 2.24) is 0 Å². The minimum Gasteiger partial charge on any atom is -0.346 e. The van der Waals surface area contributed by atoms with Gasteiger partial charge in [0.15, 0.2) is 12.1 Å². The molecule has 76 valence electrons. The summed E-state index contributed by atoms with van der Waals surface area (Å²) in [6, 6.07) is 0. The Morgan fingerprint density at radius 1 is 1.31 bits per heavy atom. The van der Waals surface area contributed by atoms with Crippen LogP contribution in [0.4, 0.5) is 0 Å². The highest BCUT2D eigenvalue weighted by molar-refractivity contribution is 4.84. The molecule has 2 fully saturated rings. The minimum atomic E-state index is -0.452. The van der Waals surface area contributed by atoms with Crippen LogP contribution >= 0.6 is 0 Å². The van der Waals surface area contributed by atoms with E-state index in [0.717, 1.165) is 19.3 Å². The third kappa shape index (κ3) is 1.87. The van der Waals surface area contributed by atoms with Gasteiger partial charge in [-0.1, -0.05) is 13.3 Å². The number of ether oxygens (including phenoxy) is 3. The predicted octanol–water partition coefficient (Wildman–Crippen LogP) is 2.05. The molecule has 0 saturated carbocycles. The van der Waals surface area contributed by atoms with Crippen LogP contribution < -0.4 is 0 Å². The van der Waals surface area contributed by atoms with E-state index < -0.39 is 5.79 Å². The fourth-order valence-electron chi connectivity index (χ4n) is 2.09. The largest absolute Gasteiger partial charge is 0.346 e. The van der Waals surface area contributed by atoms with E-state index in [9.17, 15) is 0 Å². The second-order valence-electron chi connectivity index (χ2n) is 4.32. The first-order valence-corrected chi connectivity index (χ1v) is 5.12. The summed E-state index contributed by atoms with van der Waals surface area (Å²) in [5.41, 5.74) is 0. The van der Waals surface area contributed by atoms with Crippen LogP contribution in [-0.4, -0.2) is 24.3 Å². The van der Waals surface area contributed by atoms with Gasteiger partial charge in [-0.25, -0.2) is 0 Å². The minimum absolute atomic E-state index is 0.119. The van der Waals surface area contributed by atoms with Gasteiger partial charge < -0.3 is 14.2 Å². The highest BCUT2D eigenvalue weighted by Crippen LogP contribution is 2.37. The molecule has 2 aliphatic heterocycles. The summed E-state index contributed by atoms with van der Waals surface area (Å²) in [7, 11) is 0. The topological polar surface area (TPSA) is 27.7 Å². The quantitative estimate of drug-likeness (QED) is 0.660. The van der Waals surface area contributed by atoms with Gasteiger partial charge in [0, 0.05) is 6.42 Å². The maximum absolute atomic E-state index is 5.71. The van der Waals surface area contributed by atoms with Crippen LogP contribution in [0.5, 0.6) is 0 Å². The molecule has 0 N–H and O–H groups in total. The molecule has 2 heterocycles. The Morgan fingerprint density at radius 2 is 2.08 bits per heavy atom. The van der Waals surface area contributed by atoms with E-state index in [1.165, 1.54) is 0 Å². The lowest BCUT2D eigenvalue weighted by atomic mass is 10.1. The smallest absolute Gasteiger partial charge is 0.187 e. The molecular weight excluding hydrogens is 168 g/mol. The third-order valence-corrected chi connectivity index (χ3v) is 2.57. The molecule has 2 saturated heterocycles. The average molecular weight is 186 g/mol. The van der Waals surface area contributed by atoms with Crippen molar-refractivity contribution in [3.8, 4) is 0 Å². The third-order valence-electron chi connectivity index (χ3n) is 2.57. The summed E-state index contributed by atoms with van der Waals surface area (Å²) in [5.74, 6) is -0.452. The van der Waals surface area contributed by atoms with Crippen molar-refractivity contribution in [1.29, 1.82) is 0 Å². The second-order valence-corrected chi connectivity index (χ2v) is 4.32. The monoisotopic (exact) mass is 186 g/mol. The normalized spacial score (nSPS) is 42.2. The van der Waals surface area contributed by atoms with Gasteiger partial charge in [-0.2, -0.15) is 0 Å². The first kappa shape index (κ1) is 9.44. The number of hydrogen-bond donors (Lipinski definition) is 0. The van der Waals surface area contributed by atoms with Gasteiger partial charge in [-0.3, -0.25) is 0 Å². The molecule has 0 aliphatic carbocycles. The van der Waals surface area contributed by atoms with E-state index in [4.69, 9.17) is 14.2 Å². The summed E-state index contributed by atoms with van der Waals surface area (Å²) in [4.78, 5) is 0. The van der Waals surface area contributed by atoms with Gasteiger partial charge >= 0.3 is 0 Å². The molecule has 3 nitrogen and oxygen atoms in total. The molecule has 0 aromatic rings. The zero-order valence-corrected chi connectivity index (χ0v) is 8.58. The van der Waals surface area contributed by atoms with Crippen LogP contribution in [0.15, 0.2) is 0 Å². The zero-order chi connectivity index (χ0) is 9.47. The Bertz CT molecular complexity index is 175. The SMILES string of the molecule is CCC[C@H]1C[C@H]2OC(C)(C)O[C@H]2O1. The summed E-state index contributed by atoms with van der Waals surface area (Å²) >= 11 is 0. The van der Waals surface area contributed by atoms with Crippen LogP contribution in [-0.2, 0) is 14.2 Å². The lowest BCUT2D eigenvalue weighted by molar-refractivity contribution is -0.205. The maximum atomic E-state index is 5.71. The summed E-state index contributed by atoms with van der Waals surface area (Å²) < 4.78 is 17.0. The van der Waals surface area contributed by atoms with E-state index in [1.54, 1.807) is 0 Å². The van der Waals surface area contributed by atoms with Crippen molar-refractivity contribution in [2.24, 2.45) is 0 Å². The van der Waals surface area contributed by atoms with Crippen molar-refractivity contribution < 1.29 is 14.2 Å². The van der Waals surface area contributed by atoms with Crippen LogP contribution in [0.3, 0.4) is 0 Å². The maximum Gasteiger partial charge on any atom is 0.187 e. The standard InChI is InChI=1S/C10H18O3/c1-4-5-7-6-8-9(11-7)13-10(2,3)12-8/h7-9H,4-6H2,1-3H3/t7-,8+,9+/m0/s1.